The third-order valence-electron chi connectivity index (χ3n) is 5.23. The zero-order valence-electron chi connectivity index (χ0n) is 16.4. The number of hydrogen-bond donors (Lipinski definition) is 3. The first-order valence-electron chi connectivity index (χ1n) is 10.1. The molecule has 150 valence electrons. The van der Waals surface area contributed by atoms with Crippen LogP contribution in [0.5, 0.6) is 0 Å². The molecule has 3 heterocycles. The van der Waals surface area contributed by atoms with Gasteiger partial charge in [-0.2, -0.15) is 4.98 Å². The summed E-state index contributed by atoms with van der Waals surface area (Å²) in [4.78, 5) is 26.7. The number of aromatic amines is 1. The van der Waals surface area contributed by atoms with Gasteiger partial charge in [0.2, 0.25) is 5.95 Å². The lowest BCUT2D eigenvalue weighted by atomic mass is 10.1. The van der Waals surface area contributed by atoms with Crippen molar-refractivity contribution in [2.75, 3.05) is 23.7 Å². The van der Waals surface area contributed by atoms with Gasteiger partial charge in [-0.05, 0) is 37.1 Å². The minimum atomic E-state index is -0.0555. The fourth-order valence-corrected chi connectivity index (χ4v) is 3.74. The van der Waals surface area contributed by atoms with Crippen molar-refractivity contribution in [1.82, 2.24) is 19.9 Å². The van der Waals surface area contributed by atoms with E-state index in [0.29, 0.717) is 5.95 Å². The van der Waals surface area contributed by atoms with Gasteiger partial charge < -0.3 is 20.5 Å². The van der Waals surface area contributed by atoms with E-state index in [-0.39, 0.29) is 6.03 Å². The predicted octanol–water partition coefficient (Wildman–Crippen LogP) is 5.00. The van der Waals surface area contributed by atoms with Crippen LogP contribution < -0.4 is 10.6 Å². The molecule has 1 fully saturated rings. The monoisotopic (exact) mass is 398 g/mol. The van der Waals surface area contributed by atoms with Gasteiger partial charge in [0.05, 0.1) is 5.69 Å². The van der Waals surface area contributed by atoms with Crippen molar-refractivity contribution in [3.05, 3.63) is 66.9 Å². The van der Waals surface area contributed by atoms with Crippen LogP contribution in [0, 0.1) is 0 Å². The Morgan fingerprint density at radius 2 is 1.73 bits per heavy atom. The van der Waals surface area contributed by atoms with E-state index in [1.54, 1.807) is 0 Å². The van der Waals surface area contributed by atoms with E-state index in [1.165, 1.54) is 0 Å². The summed E-state index contributed by atoms with van der Waals surface area (Å²) in [6.45, 7) is 1.63. The minimum absolute atomic E-state index is 0.0555. The second-order valence-electron chi connectivity index (χ2n) is 7.33. The highest BCUT2D eigenvalue weighted by molar-refractivity contribution is 5.92. The number of urea groups is 1. The first-order valence-corrected chi connectivity index (χ1v) is 10.1. The molecule has 4 aromatic rings. The summed E-state index contributed by atoms with van der Waals surface area (Å²) in [5, 5.41) is 7.22. The Kier molecular flexibility index (Phi) is 4.77. The van der Waals surface area contributed by atoms with Gasteiger partial charge in [0.1, 0.15) is 5.65 Å². The number of aromatic nitrogens is 3. The van der Waals surface area contributed by atoms with Crippen LogP contribution in [0.2, 0.25) is 0 Å². The van der Waals surface area contributed by atoms with Gasteiger partial charge in [0.15, 0.2) is 0 Å². The summed E-state index contributed by atoms with van der Waals surface area (Å²) in [7, 11) is 0. The molecule has 2 amide bonds. The number of fused-ring (bicyclic) bond motifs is 1. The maximum Gasteiger partial charge on any atom is 0.321 e. The molecule has 1 aliphatic rings. The Hall–Kier alpha value is -3.87. The van der Waals surface area contributed by atoms with Crippen LogP contribution in [0.1, 0.15) is 12.8 Å². The molecule has 7 nitrogen and oxygen atoms in total. The number of amides is 2. The maximum absolute atomic E-state index is 12.4. The Morgan fingerprint density at radius 3 is 2.57 bits per heavy atom. The molecule has 2 aromatic heterocycles. The van der Waals surface area contributed by atoms with Gasteiger partial charge in [0, 0.05) is 41.6 Å². The third-order valence-corrected chi connectivity index (χ3v) is 5.23. The molecule has 0 atom stereocenters. The van der Waals surface area contributed by atoms with Crippen molar-refractivity contribution in [3.8, 4) is 11.3 Å². The zero-order chi connectivity index (χ0) is 20.3. The summed E-state index contributed by atoms with van der Waals surface area (Å²) in [5.41, 5.74) is 4.20. The fourth-order valence-electron chi connectivity index (χ4n) is 3.74. The summed E-state index contributed by atoms with van der Waals surface area (Å²) >= 11 is 0. The standard InChI is InChI=1S/C23H22N6O/c30-23(29-13-4-5-14-29)26-18-10-6-9-17(15-18)25-22-27-20(16-7-2-1-3-8-16)19-11-12-24-21(19)28-22/h1-3,6-12,15H,4-5,13-14H2,(H,26,30)(H2,24,25,27,28). The van der Waals surface area contributed by atoms with Crippen LogP contribution in [0.15, 0.2) is 66.9 Å². The number of carbonyl (C=O) groups excluding carboxylic acids is 1. The highest BCUT2D eigenvalue weighted by Crippen LogP contribution is 2.28. The molecule has 1 saturated heterocycles. The molecular weight excluding hydrogens is 376 g/mol. The smallest absolute Gasteiger partial charge is 0.321 e. The Labute approximate surface area is 174 Å². The quantitative estimate of drug-likeness (QED) is 0.452. The van der Waals surface area contributed by atoms with E-state index in [9.17, 15) is 4.79 Å². The number of anilines is 3. The number of rotatable bonds is 4. The van der Waals surface area contributed by atoms with Gasteiger partial charge in [-0.3, -0.25) is 0 Å². The molecule has 0 radical (unpaired) electrons. The number of hydrogen-bond acceptors (Lipinski definition) is 4. The maximum atomic E-state index is 12.4. The molecule has 2 aromatic carbocycles. The van der Waals surface area contributed by atoms with E-state index in [1.807, 2.05) is 71.8 Å². The molecule has 0 unspecified atom stereocenters. The summed E-state index contributed by atoms with van der Waals surface area (Å²) in [6, 6.07) is 19.6. The summed E-state index contributed by atoms with van der Waals surface area (Å²) in [5.74, 6) is 0.492. The lowest BCUT2D eigenvalue weighted by Crippen LogP contribution is -2.32. The summed E-state index contributed by atoms with van der Waals surface area (Å²) < 4.78 is 0. The second-order valence-corrected chi connectivity index (χ2v) is 7.33. The Morgan fingerprint density at radius 1 is 0.933 bits per heavy atom. The molecule has 30 heavy (non-hydrogen) atoms. The van der Waals surface area contributed by atoms with Gasteiger partial charge in [0.25, 0.3) is 0 Å². The average molecular weight is 398 g/mol. The molecule has 7 heteroatoms. The molecule has 0 bridgehead atoms. The van der Waals surface area contributed by atoms with E-state index < -0.39 is 0 Å². The molecule has 5 rings (SSSR count). The van der Waals surface area contributed by atoms with E-state index in [0.717, 1.165) is 59.6 Å². The number of benzene rings is 2. The van der Waals surface area contributed by atoms with Gasteiger partial charge in [-0.25, -0.2) is 9.78 Å². The highest BCUT2D eigenvalue weighted by atomic mass is 16.2. The van der Waals surface area contributed by atoms with Gasteiger partial charge >= 0.3 is 6.03 Å². The fraction of sp³-hybridized carbons (Fsp3) is 0.174. The average Bonchev–Trinajstić information content (AvgIpc) is 3.46. The van der Waals surface area contributed by atoms with Crippen molar-refractivity contribution in [3.63, 3.8) is 0 Å². The number of H-pyrrole nitrogens is 1. The van der Waals surface area contributed by atoms with Crippen LogP contribution in [-0.2, 0) is 0 Å². The topological polar surface area (TPSA) is 85.9 Å². The van der Waals surface area contributed by atoms with Gasteiger partial charge in [-0.15, -0.1) is 0 Å². The SMILES string of the molecule is O=C(Nc1cccc(Nc2nc(-c3ccccc3)c3cc[nH]c3n2)c1)N1CCCC1. The van der Waals surface area contributed by atoms with Crippen molar-refractivity contribution >= 4 is 34.4 Å². The first-order chi connectivity index (χ1) is 14.8. The van der Waals surface area contributed by atoms with Crippen LogP contribution in [-0.4, -0.2) is 39.0 Å². The van der Waals surface area contributed by atoms with E-state index in [4.69, 9.17) is 4.98 Å². The van der Waals surface area contributed by atoms with E-state index in [2.05, 4.69) is 20.6 Å². The largest absolute Gasteiger partial charge is 0.346 e. The normalized spacial score (nSPS) is 13.5. The lowest BCUT2D eigenvalue weighted by molar-refractivity contribution is 0.222. The van der Waals surface area contributed by atoms with Crippen LogP contribution in [0.25, 0.3) is 22.3 Å². The number of likely N-dealkylation sites (tertiary alicyclic amines) is 1. The molecule has 1 aliphatic heterocycles. The number of nitrogens with zero attached hydrogens (tertiary/aromatic N) is 3. The van der Waals surface area contributed by atoms with Crippen molar-refractivity contribution in [1.29, 1.82) is 0 Å². The molecular formula is C23H22N6O. The lowest BCUT2D eigenvalue weighted by Gasteiger charge is -2.16. The Balaban J connectivity index is 1.41. The third kappa shape index (κ3) is 3.69. The Bertz CT molecular complexity index is 1180. The van der Waals surface area contributed by atoms with Crippen LogP contribution in [0.4, 0.5) is 22.1 Å². The molecule has 0 saturated carbocycles. The van der Waals surface area contributed by atoms with Crippen molar-refractivity contribution in [2.24, 2.45) is 0 Å². The summed E-state index contributed by atoms with van der Waals surface area (Å²) in [6.07, 6.45) is 4.00. The molecule has 0 spiro atoms. The van der Waals surface area contributed by atoms with Crippen molar-refractivity contribution in [2.45, 2.75) is 12.8 Å². The van der Waals surface area contributed by atoms with E-state index >= 15 is 0 Å². The molecule has 3 N–H and O–H groups in total. The van der Waals surface area contributed by atoms with Gasteiger partial charge in [-0.1, -0.05) is 36.4 Å². The predicted molar refractivity (Wildman–Crippen MR) is 119 cm³/mol. The molecule has 0 aliphatic carbocycles. The van der Waals surface area contributed by atoms with Crippen LogP contribution in [0.3, 0.4) is 0 Å². The number of carbonyl (C=O) groups is 1. The number of nitrogens with one attached hydrogen (secondary N) is 3. The minimum Gasteiger partial charge on any atom is -0.346 e. The zero-order valence-corrected chi connectivity index (χ0v) is 16.4. The van der Waals surface area contributed by atoms with Crippen molar-refractivity contribution < 1.29 is 4.79 Å². The van der Waals surface area contributed by atoms with Crippen LogP contribution >= 0.6 is 0 Å². The first kappa shape index (κ1) is 18.2. The second kappa shape index (κ2) is 7.87. The highest BCUT2D eigenvalue weighted by Gasteiger charge is 2.18.